The van der Waals surface area contributed by atoms with Gasteiger partial charge in [0.05, 0.1) is 12.1 Å². The summed E-state index contributed by atoms with van der Waals surface area (Å²) < 4.78 is 47.4. The van der Waals surface area contributed by atoms with Crippen molar-refractivity contribution in [1.82, 2.24) is 15.5 Å². The minimum Gasteiger partial charge on any atom is -0.444 e. The van der Waals surface area contributed by atoms with Gasteiger partial charge in [-0.3, -0.25) is 4.90 Å². The molecule has 1 fully saturated rings. The van der Waals surface area contributed by atoms with Crippen LogP contribution in [0.25, 0.3) is 0 Å². The van der Waals surface area contributed by atoms with Gasteiger partial charge in [-0.2, -0.15) is 13.2 Å². The Labute approximate surface area is 145 Å². The number of nitrogens with zero attached hydrogens (tertiary/aromatic N) is 1. The Kier molecular flexibility index (Phi) is 6.20. The average Bonchev–Trinajstić information content (AvgIpc) is 2.59. The highest BCUT2D eigenvalue weighted by Crippen LogP contribution is 2.33. The van der Waals surface area contributed by atoms with E-state index in [-0.39, 0.29) is 6.54 Å². The Morgan fingerprint density at radius 2 is 1.76 bits per heavy atom. The molecule has 2 atom stereocenters. The molecule has 0 aromatic heterocycles. The zero-order chi connectivity index (χ0) is 19.6. The van der Waals surface area contributed by atoms with Gasteiger partial charge in [-0.15, -0.1) is 0 Å². The molecule has 146 valence electrons. The molecule has 0 saturated carbocycles. The molecule has 0 spiro atoms. The van der Waals surface area contributed by atoms with E-state index < -0.39 is 48.3 Å². The van der Waals surface area contributed by atoms with E-state index in [0.29, 0.717) is 0 Å². The predicted octanol–water partition coefficient (Wildman–Crippen LogP) is 2.61. The molecule has 3 amide bonds. The van der Waals surface area contributed by atoms with Crippen molar-refractivity contribution in [2.45, 2.75) is 71.2 Å². The third kappa shape index (κ3) is 6.60. The average molecular weight is 369 g/mol. The molecule has 2 N–H and O–H groups in total. The number of nitrogens with one attached hydrogen (secondary N) is 2. The number of ether oxygens (including phenoxy) is 2. The monoisotopic (exact) mass is 369 g/mol. The third-order valence-corrected chi connectivity index (χ3v) is 3.44. The standard InChI is InChI=1S/C15H26F3N3O4/c1-9-10(7-19-11(22)20-8-15(16,17)18)21(14(5,6)24-9)12(23)25-13(2,3)4/h9-10H,7-8H2,1-6H3,(H2,19,20,22)/t9-,10-/m1/s1. The fraction of sp³-hybridized carbons (Fsp3) is 0.867. The summed E-state index contributed by atoms with van der Waals surface area (Å²) in [4.78, 5) is 25.4. The maximum atomic E-state index is 12.5. The lowest BCUT2D eigenvalue weighted by molar-refractivity contribution is -0.122. The Balaban J connectivity index is 2.74. The van der Waals surface area contributed by atoms with E-state index in [9.17, 15) is 22.8 Å². The third-order valence-electron chi connectivity index (χ3n) is 3.44. The number of alkyl halides is 3. The van der Waals surface area contributed by atoms with Gasteiger partial charge in [-0.25, -0.2) is 9.59 Å². The Bertz CT molecular complexity index is 503. The number of rotatable bonds is 3. The van der Waals surface area contributed by atoms with Crippen LogP contribution in [-0.4, -0.2) is 59.8 Å². The second-order valence-electron chi connectivity index (χ2n) is 7.37. The van der Waals surface area contributed by atoms with E-state index in [0.717, 1.165) is 0 Å². The summed E-state index contributed by atoms with van der Waals surface area (Å²) >= 11 is 0. The number of carbonyl (C=O) groups is 2. The van der Waals surface area contributed by atoms with Crippen LogP contribution in [0, 0.1) is 0 Å². The summed E-state index contributed by atoms with van der Waals surface area (Å²) in [5.41, 5.74) is -1.70. The van der Waals surface area contributed by atoms with Gasteiger partial charge in [0.1, 0.15) is 17.9 Å². The summed E-state index contributed by atoms with van der Waals surface area (Å²) in [7, 11) is 0. The van der Waals surface area contributed by atoms with Crippen LogP contribution in [0.3, 0.4) is 0 Å². The first-order chi connectivity index (χ1) is 11.1. The van der Waals surface area contributed by atoms with E-state index in [4.69, 9.17) is 9.47 Å². The van der Waals surface area contributed by atoms with Gasteiger partial charge in [0.15, 0.2) is 0 Å². The molecule has 0 bridgehead atoms. The van der Waals surface area contributed by atoms with Crippen LogP contribution >= 0.6 is 0 Å². The van der Waals surface area contributed by atoms with Crippen molar-refractivity contribution in [1.29, 1.82) is 0 Å². The molecule has 1 aliphatic heterocycles. The molecule has 7 nitrogen and oxygen atoms in total. The summed E-state index contributed by atoms with van der Waals surface area (Å²) in [6.07, 6.45) is -5.55. The van der Waals surface area contributed by atoms with E-state index in [1.54, 1.807) is 46.9 Å². The van der Waals surface area contributed by atoms with Crippen molar-refractivity contribution >= 4 is 12.1 Å². The molecule has 1 saturated heterocycles. The van der Waals surface area contributed by atoms with E-state index in [1.807, 2.05) is 0 Å². The van der Waals surface area contributed by atoms with E-state index >= 15 is 0 Å². The van der Waals surface area contributed by atoms with Crippen LogP contribution in [-0.2, 0) is 9.47 Å². The quantitative estimate of drug-likeness (QED) is 0.801. The Morgan fingerprint density at radius 3 is 2.24 bits per heavy atom. The lowest BCUT2D eigenvalue weighted by Gasteiger charge is -2.35. The molecule has 1 aliphatic rings. The second-order valence-corrected chi connectivity index (χ2v) is 7.37. The van der Waals surface area contributed by atoms with Crippen LogP contribution in [0.2, 0.25) is 0 Å². The van der Waals surface area contributed by atoms with Gasteiger partial charge in [0.2, 0.25) is 0 Å². The topological polar surface area (TPSA) is 79.9 Å². The molecule has 25 heavy (non-hydrogen) atoms. The number of carbonyl (C=O) groups excluding carboxylic acids is 2. The smallest absolute Gasteiger partial charge is 0.412 e. The van der Waals surface area contributed by atoms with Gasteiger partial charge in [0, 0.05) is 6.54 Å². The number of halogens is 3. The predicted molar refractivity (Wildman–Crippen MR) is 83.9 cm³/mol. The van der Waals surface area contributed by atoms with Crippen LogP contribution < -0.4 is 10.6 Å². The van der Waals surface area contributed by atoms with Crippen LogP contribution in [0.5, 0.6) is 0 Å². The first kappa shape index (κ1) is 21.3. The summed E-state index contributed by atoms with van der Waals surface area (Å²) in [5, 5.41) is 4.05. The van der Waals surface area contributed by atoms with Crippen molar-refractivity contribution < 1.29 is 32.2 Å². The first-order valence-corrected chi connectivity index (χ1v) is 7.91. The molecule has 0 aliphatic carbocycles. The van der Waals surface area contributed by atoms with Crippen molar-refractivity contribution in [3.05, 3.63) is 0 Å². The van der Waals surface area contributed by atoms with Crippen LogP contribution in [0.4, 0.5) is 22.8 Å². The molecule has 1 heterocycles. The molecule has 1 rings (SSSR count). The fourth-order valence-electron chi connectivity index (χ4n) is 2.56. The first-order valence-electron chi connectivity index (χ1n) is 7.91. The highest BCUT2D eigenvalue weighted by molar-refractivity contribution is 5.74. The molecule has 0 unspecified atom stereocenters. The summed E-state index contributed by atoms with van der Waals surface area (Å²) in [5.74, 6) is 0. The molecule has 0 aromatic carbocycles. The lowest BCUT2D eigenvalue weighted by atomic mass is 10.1. The van der Waals surface area contributed by atoms with Crippen molar-refractivity contribution in [2.24, 2.45) is 0 Å². The van der Waals surface area contributed by atoms with E-state index in [2.05, 4.69) is 5.32 Å². The normalized spacial score (nSPS) is 23.3. The zero-order valence-corrected chi connectivity index (χ0v) is 15.3. The van der Waals surface area contributed by atoms with Gasteiger partial charge in [-0.05, 0) is 41.5 Å². The van der Waals surface area contributed by atoms with Crippen molar-refractivity contribution in [2.75, 3.05) is 13.1 Å². The van der Waals surface area contributed by atoms with Crippen LogP contribution in [0.15, 0.2) is 0 Å². The van der Waals surface area contributed by atoms with Crippen molar-refractivity contribution in [3.8, 4) is 0 Å². The molecular weight excluding hydrogens is 343 g/mol. The molecule has 0 aromatic rings. The fourth-order valence-corrected chi connectivity index (χ4v) is 2.56. The minimum atomic E-state index is -4.49. The maximum absolute atomic E-state index is 12.5. The second kappa shape index (κ2) is 7.27. The van der Waals surface area contributed by atoms with Gasteiger partial charge >= 0.3 is 18.3 Å². The lowest BCUT2D eigenvalue weighted by Crippen LogP contribution is -2.54. The van der Waals surface area contributed by atoms with Gasteiger partial charge in [-0.1, -0.05) is 0 Å². The van der Waals surface area contributed by atoms with Crippen LogP contribution in [0.1, 0.15) is 41.5 Å². The summed E-state index contributed by atoms with van der Waals surface area (Å²) in [6.45, 7) is 8.72. The largest absolute Gasteiger partial charge is 0.444 e. The van der Waals surface area contributed by atoms with Gasteiger partial charge < -0.3 is 20.1 Å². The zero-order valence-electron chi connectivity index (χ0n) is 15.3. The molecule has 0 radical (unpaired) electrons. The maximum Gasteiger partial charge on any atom is 0.412 e. The van der Waals surface area contributed by atoms with Crippen molar-refractivity contribution in [3.63, 3.8) is 0 Å². The number of amides is 3. The highest BCUT2D eigenvalue weighted by atomic mass is 19.4. The molecular formula is C15H26F3N3O4. The highest BCUT2D eigenvalue weighted by Gasteiger charge is 2.49. The summed E-state index contributed by atoms with van der Waals surface area (Å²) in [6, 6.07) is -1.56. The van der Waals surface area contributed by atoms with Gasteiger partial charge in [0.25, 0.3) is 0 Å². The number of urea groups is 1. The number of hydrogen-bond acceptors (Lipinski definition) is 4. The Morgan fingerprint density at radius 1 is 1.20 bits per heavy atom. The van der Waals surface area contributed by atoms with E-state index in [1.165, 1.54) is 4.90 Å². The molecule has 10 heteroatoms. The Hall–Kier alpha value is -1.71. The number of hydrogen-bond donors (Lipinski definition) is 2. The minimum absolute atomic E-state index is 0.0759. The SMILES string of the molecule is C[C@H]1OC(C)(C)N(C(=O)OC(C)(C)C)[C@@H]1CNC(=O)NCC(F)(F)F.